The van der Waals surface area contributed by atoms with E-state index in [1.807, 2.05) is 0 Å². The summed E-state index contributed by atoms with van der Waals surface area (Å²) in [5.41, 5.74) is 0. The summed E-state index contributed by atoms with van der Waals surface area (Å²) in [5, 5.41) is 15.8. The zero-order valence-corrected chi connectivity index (χ0v) is 54.2. The first-order valence-corrected chi connectivity index (χ1v) is 35.3. The summed E-state index contributed by atoms with van der Waals surface area (Å²) >= 11 is 0. The molecule has 0 aliphatic heterocycles. The average molecular weight is 1300 g/mol. The van der Waals surface area contributed by atoms with Crippen molar-refractivity contribution in [2.45, 2.75) is 0 Å². The average Bonchev–Trinajstić information content (AvgIpc) is 3.57. The van der Waals surface area contributed by atoms with Crippen LogP contribution >= 0.6 is 48.4 Å². The maximum Gasteiger partial charge on any atom is 3.00 e. The van der Waals surface area contributed by atoms with Crippen molar-refractivity contribution in [3.05, 3.63) is 379 Å². The molecule has 0 atom stereocenters. The number of hydrogen-bond acceptors (Lipinski definition) is 0. The maximum atomic E-state index is 5.52. The van der Waals surface area contributed by atoms with Crippen LogP contribution in [0.3, 0.4) is 0 Å². The molecule has 0 heterocycles. The molecule has 0 aliphatic rings. The largest absolute Gasteiger partial charge is 3.00 e. The third-order valence-corrected chi connectivity index (χ3v) is 27.7. The molecule has 12 aromatic rings. The molecule has 82 heavy (non-hydrogen) atoms. The number of benzene rings is 12. The maximum absolute atomic E-state index is 5.52. The second-order valence-corrected chi connectivity index (χ2v) is 31.4. The number of hydrogen-bond donors (Lipinski definition) is 0. The normalized spacial score (nSPS) is 10.9. The summed E-state index contributed by atoms with van der Waals surface area (Å²) in [4.78, 5) is 16.6. The van der Waals surface area contributed by atoms with Gasteiger partial charge in [-0.1, -0.05) is 291 Å². The Morgan fingerprint density at radius 1 is 0.159 bits per heavy atom. The first-order chi connectivity index (χ1) is 40.2. The van der Waals surface area contributed by atoms with Gasteiger partial charge < -0.3 is 14.6 Å². The molecule has 12 aromatic carbocycles. The van der Waals surface area contributed by atoms with Gasteiger partial charge in [-0.3, -0.25) is 0 Å². The van der Waals surface area contributed by atoms with E-state index in [0.29, 0.717) is 0 Å². The number of rotatable bonds is 18. The summed E-state index contributed by atoms with van der Waals surface area (Å²) < 4.78 is 0. The zero-order valence-electron chi connectivity index (χ0n) is 45.3. The van der Waals surface area contributed by atoms with Crippen LogP contribution in [0.5, 0.6) is 0 Å². The van der Waals surface area contributed by atoms with Gasteiger partial charge in [-0.25, -0.2) is 0 Å². The van der Waals surface area contributed by atoms with Gasteiger partial charge in [0.1, 0.15) is 0 Å². The minimum absolute atomic E-state index is 0. The third-order valence-electron chi connectivity index (χ3n) is 12.9. The van der Waals surface area contributed by atoms with Gasteiger partial charge in [0, 0.05) is 0 Å². The first kappa shape index (κ1) is 61.0. The molecule has 12 rings (SSSR count). The van der Waals surface area contributed by atoms with Gasteiger partial charge in [0.25, 0.3) is 0 Å². The van der Waals surface area contributed by atoms with Crippen molar-refractivity contribution in [3.8, 4) is 0 Å². The minimum atomic E-state index is -1.24. The molecule has 0 bridgehead atoms. The molecule has 0 aliphatic carbocycles. The summed E-state index contributed by atoms with van der Waals surface area (Å²) in [5.74, 6) is 0. The topological polar surface area (TPSA) is 42.3 Å². The molecule has 1 radical (unpaired) electrons. The fraction of sp³-hybridized carbons (Fsp3) is 0. The van der Waals surface area contributed by atoms with Crippen LogP contribution in [0.4, 0.5) is 0 Å². The van der Waals surface area contributed by atoms with Crippen LogP contribution in [-0.4, -0.2) is 0 Å². The molecule has 10 heteroatoms. The molecule has 0 spiro atoms. The van der Waals surface area contributed by atoms with Crippen molar-refractivity contribution < 1.29 is 40.8 Å². The second-order valence-electron chi connectivity index (χ2n) is 18.5. The van der Waals surface area contributed by atoms with E-state index in [2.05, 4.69) is 364 Å². The molecule has 0 saturated carbocycles. The first-order valence-electron chi connectivity index (χ1n) is 27.0. The Labute approximate surface area is 526 Å². The van der Waals surface area contributed by atoms with Crippen LogP contribution in [0, 0.1) is 40.8 Å². The Hall–Kier alpha value is -5.55. The SMILES string of the molecule is [Nd+3].c1ccc(P([N-][PH+](c2ccccc2)c2ccccc2)c2ccccc2)cc1.c1ccc(P([N-][PH+](c2ccccc2)c2ccccc2)c2ccccc2)cc1.c1ccc(P([N-][PH+](c2ccccc2)c2ccccc2)c2ccccc2)cc1. The van der Waals surface area contributed by atoms with E-state index < -0.39 is 48.4 Å². The van der Waals surface area contributed by atoms with Gasteiger partial charge in [0.15, 0.2) is 0 Å². The van der Waals surface area contributed by atoms with Gasteiger partial charge >= 0.3 is 40.8 Å². The van der Waals surface area contributed by atoms with E-state index in [4.69, 9.17) is 14.6 Å². The third kappa shape index (κ3) is 17.7. The van der Waals surface area contributed by atoms with Crippen LogP contribution in [0.1, 0.15) is 0 Å². The second kappa shape index (κ2) is 33.7. The van der Waals surface area contributed by atoms with Crippen LogP contribution < -0.4 is 63.7 Å². The van der Waals surface area contributed by atoms with E-state index in [1.165, 1.54) is 63.7 Å². The molecular formula is C72H63N3NdP6+3. The van der Waals surface area contributed by atoms with Crippen molar-refractivity contribution in [1.29, 1.82) is 0 Å². The van der Waals surface area contributed by atoms with Gasteiger partial charge in [0.05, 0.1) is 31.8 Å². The smallest absolute Gasteiger partial charge is 0.450 e. The van der Waals surface area contributed by atoms with E-state index in [-0.39, 0.29) is 40.8 Å². The van der Waals surface area contributed by atoms with Gasteiger partial charge in [0.2, 0.25) is 0 Å². The Balaban J connectivity index is 0.000000147. The standard InChI is InChI=1S/3C24H21NP2.Nd/c3*1-5-13-21(14-6-1)26(22-15-7-2-8-16-22)25-27(23-17-9-3-10-18-23)24-19-11-4-12-20-24;/h3*1-20,26H;/q;;;+3. The van der Waals surface area contributed by atoms with Crippen molar-refractivity contribution >= 4 is 112 Å². The van der Waals surface area contributed by atoms with E-state index in [9.17, 15) is 0 Å². The van der Waals surface area contributed by atoms with Crippen LogP contribution in [0.25, 0.3) is 14.6 Å². The fourth-order valence-corrected chi connectivity index (χ4v) is 24.5. The molecule has 0 saturated heterocycles. The Morgan fingerprint density at radius 2 is 0.268 bits per heavy atom. The van der Waals surface area contributed by atoms with Crippen molar-refractivity contribution in [1.82, 2.24) is 0 Å². The van der Waals surface area contributed by atoms with E-state index >= 15 is 0 Å². The van der Waals surface area contributed by atoms with E-state index in [1.54, 1.807) is 0 Å². The molecule has 0 aromatic heterocycles. The van der Waals surface area contributed by atoms with Gasteiger partial charge in [-0.05, 0) is 129 Å². The van der Waals surface area contributed by atoms with Crippen molar-refractivity contribution in [2.75, 3.05) is 0 Å². The predicted molar refractivity (Wildman–Crippen MR) is 369 cm³/mol. The monoisotopic (exact) mass is 1300 g/mol. The van der Waals surface area contributed by atoms with Gasteiger partial charge in [-0.2, -0.15) is 0 Å². The Bertz CT molecular complexity index is 2750. The molecule has 0 unspecified atom stereocenters. The van der Waals surface area contributed by atoms with Crippen LogP contribution in [0.2, 0.25) is 0 Å². The van der Waals surface area contributed by atoms with Crippen LogP contribution in [-0.2, 0) is 0 Å². The summed E-state index contributed by atoms with van der Waals surface area (Å²) in [6, 6.07) is 129. The molecule has 0 fully saturated rings. The Morgan fingerprint density at radius 3 is 0.390 bits per heavy atom. The summed E-state index contributed by atoms with van der Waals surface area (Å²) in [6.45, 7) is 0. The van der Waals surface area contributed by atoms with E-state index in [0.717, 1.165) is 0 Å². The summed E-state index contributed by atoms with van der Waals surface area (Å²) in [6.07, 6.45) is 0. The molecule has 3 nitrogen and oxygen atoms in total. The molecule has 397 valence electrons. The quantitative estimate of drug-likeness (QED) is 0.0769. The molecular weight excluding hydrogens is 1240 g/mol. The van der Waals surface area contributed by atoms with Crippen LogP contribution in [0.15, 0.2) is 364 Å². The number of nitrogens with zero attached hydrogens (tertiary/aromatic N) is 3. The summed E-state index contributed by atoms with van der Waals surface area (Å²) in [7, 11) is -6.02. The molecule has 0 amide bonds. The fourth-order valence-electron chi connectivity index (χ4n) is 8.93. The van der Waals surface area contributed by atoms with Crippen molar-refractivity contribution in [3.63, 3.8) is 0 Å². The minimum Gasteiger partial charge on any atom is -0.450 e. The predicted octanol–water partition coefficient (Wildman–Crippen LogP) is 15.6. The van der Waals surface area contributed by atoms with Crippen molar-refractivity contribution in [2.24, 2.45) is 0 Å². The van der Waals surface area contributed by atoms with Gasteiger partial charge in [-0.15, -0.1) is 24.2 Å². The zero-order chi connectivity index (χ0) is 54.9. The molecule has 0 N–H and O–H groups in total. The Kier molecular flexibility index (Phi) is 25.1.